The standard InChI is InChI=1S/C14H18BrFN2O/c1-8-3-9(2)7-18(6-8)12-5-10(15)4-11(16)13(12)14(17)19/h4-5,8-9H,3,6-7H2,1-2H3,(H2,17,19). The van der Waals surface area contributed by atoms with Crippen LogP contribution in [0.25, 0.3) is 0 Å². The van der Waals surface area contributed by atoms with E-state index >= 15 is 0 Å². The molecule has 0 aliphatic carbocycles. The van der Waals surface area contributed by atoms with Crippen LogP contribution in [0.4, 0.5) is 10.1 Å². The predicted octanol–water partition coefficient (Wildman–Crippen LogP) is 3.17. The Morgan fingerprint density at radius 3 is 2.47 bits per heavy atom. The Labute approximate surface area is 121 Å². The number of anilines is 1. The number of benzene rings is 1. The lowest BCUT2D eigenvalue weighted by Gasteiger charge is -2.37. The molecule has 104 valence electrons. The van der Waals surface area contributed by atoms with E-state index in [0.29, 0.717) is 22.0 Å². The maximum absolute atomic E-state index is 14.0. The van der Waals surface area contributed by atoms with Crippen molar-refractivity contribution in [1.82, 2.24) is 0 Å². The maximum atomic E-state index is 14.0. The van der Waals surface area contributed by atoms with Gasteiger partial charge in [0.15, 0.2) is 0 Å². The van der Waals surface area contributed by atoms with E-state index in [9.17, 15) is 9.18 Å². The monoisotopic (exact) mass is 328 g/mol. The lowest BCUT2D eigenvalue weighted by molar-refractivity contribution is 0.0996. The van der Waals surface area contributed by atoms with Crippen LogP contribution in [0.3, 0.4) is 0 Å². The maximum Gasteiger partial charge on any atom is 0.253 e. The van der Waals surface area contributed by atoms with Gasteiger partial charge in [-0.2, -0.15) is 0 Å². The number of piperidine rings is 1. The number of nitrogens with two attached hydrogens (primary N) is 1. The van der Waals surface area contributed by atoms with Gasteiger partial charge < -0.3 is 10.6 Å². The van der Waals surface area contributed by atoms with Gasteiger partial charge in [0.2, 0.25) is 0 Å². The minimum atomic E-state index is -0.717. The number of halogens is 2. The van der Waals surface area contributed by atoms with Gasteiger partial charge in [0.1, 0.15) is 5.82 Å². The Hall–Kier alpha value is -1.10. The van der Waals surface area contributed by atoms with Crippen molar-refractivity contribution in [1.29, 1.82) is 0 Å². The molecule has 2 atom stereocenters. The van der Waals surface area contributed by atoms with Crippen molar-refractivity contribution in [2.24, 2.45) is 17.6 Å². The second-order valence-electron chi connectivity index (χ2n) is 5.50. The van der Waals surface area contributed by atoms with Crippen molar-refractivity contribution >= 4 is 27.5 Å². The summed E-state index contributed by atoms with van der Waals surface area (Å²) in [5, 5.41) is 0. The van der Waals surface area contributed by atoms with Crippen LogP contribution in [0.15, 0.2) is 16.6 Å². The molecular weight excluding hydrogens is 311 g/mol. The summed E-state index contributed by atoms with van der Waals surface area (Å²) in [7, 11) is 0. The molecule has 0 bridgehead atoms. The van der Waals surface area contributed by atoms with Crippen molar-refractivity contribution in [2.45, 2.75) is 20.3 Å². The molecule has 2 N–H and O–H groups in total. The Balaban J connectivity index is 2.45. The average Bonchev–Trinajstić information content (AvgIpc) is 2.25. The van der Waals surface area contributed by atoms with Crippen LogP contribution in [0, 0.1) is 17.7 Å². The summed E-state index contributed by atoms with van der Waals surface area (Å²) >= 11 is 3.27. The van der Waals surface area contributed by atoms with Crippen molar-refractivity contribution in [3.8, 4) is 0 Å². The molecule has 19 heavy (non-hydrogen) atoms. The molecule has 1 aliphatic rings. The van der Waals surface area contributed by atoms with E-state index in [1.807, 2.05) is 0 Å². The first kappa shape index (κ1) is 14.3. The van der Waals surface area contributed by atoms with E-state index in [1.165, 1.54) is 6.07 Å². The fourth-order valence-corrected chi connectivity index (χ4v) is 3.33. The zero-order valence-electron chi connectivity index (χ0n) is 11.1. The van der Waals surface area contributed by atoms with Crippen LogP contribution in [-0.4, -0.2) is 19.0 Å². The molecule has 1 aromatic carbocycles. The molecule has 0 aromatic heterocycles. The molecule has 1 amide bonds. The molecule has 2 rings (SSSR count). The molecule has 1 heterocycles. The van der Waals surface area contributed by atoms with Crippen LogP contribution in [-0.2, 0) is 0 Å². The third kappa shape index (κ3) is 3.08. The largest absolute Gasteiger partial charge is 0.370 e. The average molecular weight is 329 g/mol. The highest BCUT2D eigenvalue weighted by atomic mass is 79.9. The fraction of sp³-hybridized carbons (Fsp3) is 0.500. The van der Waals surface area contributed by atoms with E-state index in [0.717, 1.165) is 19.5 Å². The van der Waals surface area contributed by atoms with Crippen molar-refractivity contribution in [2.75, 3.05) is 18.0 Å². The lowest BCUT2D eigenvalue weighted by Crippen LogP contribution is -2.40. The Bertz CT molecular complexity index is 496. The Kier molecular flexibility index (Phi) is 4.13. The van der Waals surface area contributed by atoms with Gasteiger partial charge in [-0.3, -0.25) is 4.79 Å². The van der Waals surface area contributed by atoms with Crippen LogP contribution in [0.2, 0.25) is 0 Å². The first-order valence-corrected chi connectivity index (χ1v) is 7.21. The van der Waals surface area contributed by atoms with Gasteiger partial charge in [-0.25, -0.2) is 4.39 Å². The van der Waals surface area contributed by atoms with E-state index in [2.05, 4.69) is 34.7 Å². The minimum absolute atomic E-state index is 0.00972. The first-order chi connectivity index (χ1) is 8.88. The number of hydrogen-bond donors (Lipinski definition) is 1. The topological polar surface area (TPSA) is 46.3 Å². The molecule has 1 aliphatic heterocycles. The molecule has 0 radical (unpaired) electrons. The molecular formula is C14H18BrFN2O. The van der Waals surface area contributed by atoms with Gasteiger partial charge >= 0.3 is 0 Å². The van der Waals surface area contributed by atoms with Gasteiger partial charge in [-0.1, -0.05) is 29.8 Å². The molecule has 1 fully saturated rings. The summed E-state index contributed by atoms with van der Waals surface area (Å²) in [5.74, 6) is -0.244. The van der Waals surface area contributed by atoms with E-state index in [-0.39, 0.29) is 5.56 Å². The Morgan fingerprint density at radius 1 is 1.37 bits per heavy atom. The molecule has 2 unspecified atom stereocenters. The van der Waals surface area contributed by atoms with Crippen LogP contribution in [0.5, 0.6) is 0 Å². The summed E-state index contributed by atoms with van der Waals surface area (Å²) in [4.78, 5) is 13.6. The Morgan fingerprint density at radius 2 is 1.95 bits per heavy atom. The van der Waals surface area contributed by atoms with E-state index in [1.54, 1.807) is 6.07 Å². The molecule has 0 saturated carbocycles. The number of rotatable bonds is 2. The molecule has 1 aromatic rings. The van der Waals surface area contributed by atoms with E-state index < -0.39 is 11.7 Å². The smallest absolute Gasteiger partial charge is 0.253 e. The van der Waals surface area contributed by atoms with Crippen molar-refractivity contribution in [3.05, 3.63) is 28.0 Å². The highest BCUT2D eigenvalue weighted by Crippen LogP contribution is 2.32. The second-order valence-corrected chi connectivity index (χ2v) is 6.41. The van der Waals surface area contributed by atoms with Crippen LogP contribution >= 0.6 is 15.9 Å². The van der Waals surface area contributed by atoms with Crippen LogP contribution in [0.1, 0.15) is 30.6 Å². The minimum Gasteiger partial charge on any atom is -0.370 e. The second kappa shape index (κ2) is 5.49. The molecule has 5 heteroatoms. The number of primary amides is 1. The summed E-state index contributed by atoms with van der Waals surface area (Å²) in [6, 6.07) is 3.05. The van der Waals surface area contributed by atoms with Gasteiger partial charge in [0, 0.05) is 17.6 Å². The SMILES string of the molecule is CC1CC(C)CN(c2cc(Br)cc(F)c2C(N)=O)C1. The number of carbonyl (C=O) groups is 1. The summed E-state index contributed by atoms with van der Waals surface area (Å²) < 4.78 is 14.6. The number of hydrogen-bond acceptors (Lipinski definition) is 2. The van der Waals surface area contributed by atoms with Gasteiger partial charge in [-0.15, -0.1) is 0 Å². The predicted molar refractivity (Wildman–Crippen MR) is 77.8 cm³/mol. The third-order valence-corrected chi connectivity index (χ3v) is 3.95. The van der Waals surface area contributed by atoms with Gasteiger partial charge in [-0.05, 0) is 30.4 Å². The fourth-order valence-electron chi connectivity index (χ4n) is 2.91. The number of carbonyl (C=O) groups excluding carboxylic acids is 1. The highest BCUT2D eigenvalue weighted by Gasteiger charge is 2.26. The zero-order valence-corrected chi connectivity index (χ0v) is 12.7. The van der Waals surface area contributed by atoms with Gasteiger partial charge in [0.05, 0.1) is 11.3 Å². The third-order valence-electron chi connectivity index (χ3n) is 3.49. The normalized spacial score (nSPS) is 23.5. The van der Waals surface area contributed by atoms with Crippen molar-refractivity contribution < 1.29 is 9.18 Å². The zero-order chi connectivity index (χ0) is 14.2. The van der Waals surface area contributed by atoms with E-state index in [4.69, 9.17) is 5.73 Å². The lowest BCUT2D eigenvalue weighted by atomic mass is 9.91. The molecule has 3 nitrogen and oxygen atoms in total. The quantitative estimate of drug-likeness (QED) is 0.906. The summed E-state index contributed by atoms with van der Waals surface area (Å²) in [5.41, 5.74) is 5.91. The summed E-state index contributed by atoms with van der Waals surface area (Å²) in [6.07, 6.45) is 1.15. The van der Waals surface area contributed by atoms with Crippen LogP contribution < -0.4 is 10.6 Å². The highest BCUT2D eigenvalue weighted by molar-refractivity contribution is 9.10. The number of amides is 1. The molecule has 0 spiro atoms. The summed E-state index contributed by atoms with van der Waals surface area (Å²) in [6.45, 7) is 5.98. The molecule has 1 saturated heterocycles. The number of nitrogens with zero attached hydrogens (tertiary/aromatic N) is 1. The first-order valence-electron chi connectivity index (χ1n) is 6.42. The van der Waals surface area contributed by atoms with Gasteiger partial charge in [0.25, 0.3) is 5.91 Å². The van der Waals surface area contributed by atoms with Crippen molar-refractivity contribution in [3.63, 3.8) is 0 Å².